The number of aromatic nitrogens is 1. The summed E-state index contributed by atoms with van der Waals surface area (Å²) in [6.07, 6.45) is -3.57. The number of alkyl halides is 3. The standard InChI is InChI=1S/C11H11F3N2O2/c12-11(13,14)9-2-1-8(3-15-9)10(18)16-4-7(5-16)6-17/h1-3,7,17H,4-6H2. The molecule has 2 rings (SSSR count). The number of likely N-dealkylation sites (tertiary alicyclic amines) is 1. The number of pyridine rings is 1. The molecule has 0 bridgehead atoms. The second-order valence-electron chi connectivity index (χ2n) is 4.19. The third kappa shape index (κ3) is 2.45. The fraction of sp³-hybridized carbons (Fsp3) is 0.455. The number of amides is 1. The molecule has 1 amide bonds. The molecular weight excluding hydrogens is 249 g/mol. The lowest BCUT2D eigenvalue weighted by molar-refractivity contribution is -0.141. The Hall–Kier alpha value is -1.63. The lowest BCUT2D eigenvalue weighted by atomic mass is 10.0. The van der Waals surface area contributed by atoms with Crippen molar-refractivity contribution >= 4 is 5.91 Å². The number of aliphatic hydroxyl groups is 1. The van der Waals surface area contributed by atoms with Gasteiger partial charge in [0.25, 0.3) is 5.91 Å². The number of carbonyl (C=O) groups excluding carboxylic acids is 1. The zero-order valence-electron chi connectivity index (χ0n) is 9.31. The van der Waals surface area contributed by atoms with Crippen molar-refractivity contribution in [3.8, 4) is 0 Å². The molecule has 7 heteroatoms. The summed E-state index contributed by atoms with van der Waals surface area (Å²) in [6.45, 7) is 0.863. The van der Waals surface area contributed by atoms with Crippen LogP contribution >= 0.6 is 0 Å². The van der Waals surface area contributed by atoms with E-state index in [4.69, 9.17) is 5.11 Å². The van der Waals surface area contributed by atoms with E-state index in [0.29, 0.717) is 13.1 Å². The first-order chi connectivity index (χ1) is 8.41. The highest BCUT2D eigenvalue weighted by molar-refractivity contribution is 5.94. The first kappa shape index (κ1) is 12.8. The van der Waals surface area contributed by atoms with Crippen LogP contribution in [0.4, 0.5) is 13.2 Å². The van der Waals surface area contributed by atoms with Gasteiger partial charge in [-0.1, -0.05) is 0 Å². The molecule has 1 aliphatic rings. The quantitative estimate of drug-likeness (QED) is 0.868. The van der Waals surface area contributed by atoms with Crippen molar-refractivity contribution in [3.63, 3.8) is 0 Å². The third-order valence-corrected chi connectivity index (χ3v) is 2.80. The third-order valence-electron chi connectivity index (χ3n) is 2.80. The highest BCUT2D eigenvalue weighted by Crippen LogP contribution is 2.27. The summed E-state index contributed by atoms with van der Waals surface area (Å²) >= 11 is 0. The molecule has 1 fully saturated rings. The Morgan fingerprint density at radius 2 is 2.11 bits per heavy atom. The molecule has 4 nitrogen and oxygen atoms in total. The van der Waals surface area contributed by atoms with Crippen molar-refractivity contribution in [3.05, 3.63) is 29.6 Å². The minimum Gasteiger partial charge on any atom is -0.396 e. The Labute approximate surface area is 101 Å². The van der Waals surface area contributed by atoms with Gasteiger partial charge in [0.2, 0.25) is 0 Å². The van der Waals surface area contributed by atoms with E-state index in [9.17, 15) is 18.0 Å². The molecule has 0 saturated carbocycles. The van der Waals surface area contributed by atoms with Gasteiger partial charge >= 0.3 is 6.18 Å². The van der Waals surface area contributed by atoms with Crippen LogP contribution in [0.3, 0.4) is 0 Å². The van der Waals surface area contributed by atoms with E-state index in [1.807, 2.05) is 0 Å². The summed E-state index contributed by atoms with van der Waals surface area (Å²) in [5, 5.41) is 8.81. The van der Waals surface area contributed by atoms with Gasteiger partial charge in [-0.05, 0) is 12.1 Å². The van der Waals surface area contributed by atoms with E-state index in [1.54, 1.807) is 0 Å². The molecule has 18 heavy (non-hydrogen) atoms. The van der Waals surface area contributed by atoms with Crippen LogP contribution in [0.1, 0.15) is 16.1 Å². The lowest BCUT2D eigenvalue weighted by Crippen LogP contribution is -2.51. The molecule has 1 aromatic heterocycles. The largest absolute Gasteiger partial charge is 0.433 e. The van der Waals surface area contributed by atoms with Gasteiger partial charge in [-0.3, -0.25) is 9.78 Å². The van der Waals surface area contributed by atoms with Crippen molar-refractivity contribution < 1.29 is 23.1 Å². The number of rotatable bonds is 2. The van der Waals surface area contributed by atoms with Gasteiger partial charge in [-0.2, -0.15) is 13.2 Å². The molecule has 0 unspecified atom stereocenters. The van der Waals surface area contributed by atoms with E-state index in [2.05, 4.69) is 4.98 Å². The van der Waals surface area contributed by atoms with Gasteiger partial charge in [-0.25, -0.2) is 0 Å². The van der Waals surface area contributed by atoms with E-state index < -0.39 is 11.9 Å². The van der Waals surface area contributed by atoms with Crippen LogP contribution < -0.4 is 0 Å². The number of carbonyl (C=O) groups is 1. The molecule has 1 saturated heterocycles. The van der Waals surface area contributed by atoms with Crippen molar-refractivity contribution in [1.82, 2.24) is 9.88 Å². The molecule has 0 aliphatic carbocycles. The van der Waals surface area contributed by atoms with E-state index in [0.717, 1.165) is 18.3 Å². The van der Waals surface area contributed by atoms with Gasteiger partial charge in [0.1, 0.15) is 5.69 Å². The molecule has 0 atom stereocenters. The van der Waals surface area contributed by atoms with Crippen molar-refractivity contribution in [1.29, 1.82) is 0 Å². The molecule has 1 aromatic rings. The Morgan fingerprint density at radius 1 is 1.44 bits per heavy atom. The molecule has 98 valence electrons. The number of hydrogen-bond acceptors (Lipinski definition) is 3. The van der Waals surface area contributed by atoms with Gasteiger partial charge in [0.15, 0.2) is 0 Å². The summed E-state index contributed by atoms with van der Waals surface area (Å²) in [6, 6.07) is 1.90. The minimum absolute atomic E-state index is 0.00897. The smallest absolute Gasteiger partial charge is 0.396 e. The highest BCUT2D eigenvalue weighted by atomic mass is 19.4. The van der Waals surface area contributed by atoms with E-state index >= 15 is 0 Å². The van der Waals surface area contributed by atoms with Crippen LogP contribution in [0, 0.1) is 5.92 Å². The van der Waals surface area contributed by atoms with Crippen LogP contribution in [0.2, 0.25) is 0 Å². The predicted molar refractivity (Wildman–Crippen MR) is 55.7 cm³/mol. The molecule has 0 spiro atoms. The van der Waals surface area contributed by atoms with Crippen LogP contribution in [0.5, 0.6) is 0 Å². The van der Waals surface area contributed by atoms with Gasteiger partial charge < -0.3 is 10.0 Å². The number of nitrogens with zero attached hydrogens (tertiary/aromatic N) is 2. The van der Waals surface area contributed by atoms with Gasteiger partial charge in [-0.15, -0.1) is 0 Å². The van der Waals surface area contributed by atoms with Crippen LogP contribution in [-0.4, -0.2) is 40.6 Å². The van der Waals surface area contributed by atoms with Gasteiger partial charge in [0, 0.05) is 31.8 Å². The number of halogens is 3. The van der Waals surface area contributed by atoms with E-state index in [1.165, 1.54) is 4.90 Å². The Kier molecular flexibility index (Phi) is 3.25. The summed E-state index contributed by atoms with van der Waals surface area (Å²) in [5.41, 5.74) is -0.893. The van der Waals surface area contributed by atoms with Crippen molar-refractivity contribution in [2.75, 3.05) is 19.7 Å². The molecule has 2 heterocycles. The van der Waals surface area contributed by atoms with Crippen LogP contribution in [0.15, 0.2) is 18.3 Å². The summed E-state index contributed by atoms with van der Waals surface area (Å²) in [4.78, 5) is 16.5. The summed E-state index contributed by atoms with van der Waals surface area (Å²) in [5.74, 6) is -0.294. The highest BCUT2D eigenvalue weighted by Gasteiger charge is 2.34. The van der Waals surface area contributed by atoms with Crippen molar-refractivity contribution in [2.45, 2.75) is 6.18 Å². The number of hydrogen-bond donors (Lipinski definition) is 1. The molecular formula is C11H11F3N2O2. The maximum atomic E-state index is 12.3. The second kappa shape index (κ2) is 4.56. The fourth-order valence-electron chi connectivity index (χ4n) is 1.72. The Balaban J connectivity index is 2.04. The first-order valence-corrected chi connectivity index (χ1v) is 5.35. The maximum Gasteiger partial charge on any atom is 0.433 e. The van der Waals surface area contributed by atoms with E-state index in [-0.39, 0.29) is 24.0 Å². The zero-order chi connectivity index (χ0) is 13.3. The molecule has 0 aromatic carbocycles. The Bertz CT molecular complexity index is 439. The van der Waals surface area contributed by atoms with Gasteiger partial charge in [0.05, 0.1) is 5.56 Å². The molecule has 1 N–H and O–H groups in total. The zero-order valence-corrected chi connectivity index (χ0v) is 9.31. The van der Waals surface area contributed by atoms with Crippen LogP contribution in [0.25, 0.3) is 0 Å². The number of aliphatic hydroxyl groups excluding tert-OH is 1. The maximum absolute atomic E-state index is 12.3. The average molecular weight is 260 g/mol. The second-order valence-corrected chi connectivity index (χ2v) is 4.19. The summed E-state index contributed by atoms with van der Waals surface area (Å²) < 4.78 is 36.8. The van der Waals surface area contributed by atoms with Crippen molar-refractivity contribution in [2.24, 2.45) is 5.92 Å². The first-order valence-electron chi connectivity index (χ1n) is 5.35. The average Bonchev–Trinajstić information content (AvgIpc) is 2.26. The monoisotopic (exact) mass is 260 g/mol. The molecule has 0 radical (unpaired) electrons. The topological polar surface area (TPSA) is 53.4 Å². The summed E-state index contributed by atoms with van der Waals surface area (Å²) in [7, 11) is 0. The predicted octanol–water partition coefficient (Wildman–Crippen LogP) is 1.16. The SMILES string of the molecule is O=C(c1ccc(C(F)(F)F)nc1)N1CC(CO)C1. The molecule has 1 aliphatic heterocycles. The van der Waals surface area contributed by atoms with Crippen LogP contribution in [-0.2, 0) is 6.18 Å². The lowest BCUT2D eigenvalue weighted by Gasteiger charge is -2.38. The minimum atomic E-state index is -4.50. The Morgan fingerprint density at radius 3 is 2.56 bits per heavy atom. The normalized spacial score (nSPS) is 16.6. The fourth-order valence-corrected chi connectivity index (χ4v) is 1.72.